The maximum Gasteiger partial charge on any atom is 0.251 e. The van der Waals surface area contributed by atoms with Gasteiger partial charge in [-0.3, -0.25) is 4.90 Å². The predicted octanol–water partition coefficient (Wildman–Crippen LogP) is 3.06. The smallest absolute Gasteiger partial charge is 0.251 e. The van der Waals surface area contributed by atoms with E-state index < -0.39 is 6.43 Å². The maximum atomic E-state index is 12.4. The zero-order valence-electron chi connectivity index (χ0n) is 12.6. The lowest BCUT2D eigenvalue weighted by atomic mass is 10.0. The van der Waals surface area contributed by atoms with E-state index in [-0.39, 0.29) is 12.6 Å². The summed E-state index contributed by atoms with van der Waals surface area (Å²) in [7, 11) is 3.58. The SMILES string of the molecule is CCOc1ccc(C(C)NC)cc1CN(C)CC(F)F. The Morgan fingerprint density at radius 1 is 1.35 bits per heavy atom. The van der Waals surface area contributed by atoms with Crippen LogP contribution in [0.3, 0.4) is 0 Å². The Bertz CT molecular complexity index is 413. The molecule has 0 aliphatic rings. The summed E-state index contributed by atoms with van der Waals surface area (Å²) in [6.07, 6.45) is -2.32. The van der Waals surface area contributed by atoms with Crippen LogP contribution in [-0.4, -0.2) is 38.6 Å². The predicted molar refractivity (Wildman–Crippen MR) is 77.4 cm³/mol. The van der Waals surface area contributed by atoms with Crippen molar-refractivity contribution >= 4 is 0 Å². The van der Waals surface area contributed by atoms with Crippen LogP contribution in [-0.2, 0) is 6.54 Å². The number of hydrogen-bond donors (Lipinski definition) is 1. The van der Waals surface area contributed by atoms with Crippen LogP contribution in [0.4, 0.5) is 8.78 Å². The normalized spacial score (nSPS) is 13.0. The fraction of sp³-hybridized carbons (Fsp3) is 0.600. The number of alkyl halides is 2. The highest BCUT2D eigenvalue weighted by atomic mass is 19.3. The van der Waals surface area contributed by atoms with Gasteiger partial charge in [0.1, 0.15) is 5.75 Å². The third-order valence-corrected chi connectivity index (χ3v) is 3.21. The van der Waals surface area contributed by atoms with E-state index in [4.69, 9.17) is 4.74 Å². The first-order chi connectivity index (χ1) is 9.47. The van der Waals surface area contributed by atoms with Crippen molar-refractivity contribution in [2.45, 2.75) is 32.9 Å². The minimum Gasteiger partial charge on any atom is -0.494 e. The lowest BCUT2D eigenvalue weighted by molar-refractivity contribution is 0.0970. The molecule has 3 nitrogen and oxygen atoms in total. The van der Waals surface area contributed by atoms with Crippen molar-refractivity contribution < 1.29 is 13.5 Å². The summed E-state index contributed by atoms with van der Waals surface area (Å²) < 4.78 is 30.4. The molecule has 114 valence electrons. The van der Waals surface area contributed by atoms with Gasteiger partial charge in [0.05, 0.1) is 13.2 Å². The lowest BCUT2D eigenvalue weighted by Crippen LogP contribution is -2.24. The molecular formula is C15H24F2N2O. The molecule has 20 heavy (non-hydrogen) atoms. The zero-order valence-corrected chi connectivity index (χ0v) is 12.6. The number of nitrogens with zero attached hydrogens (tertiary/aromatic N) is 1. The van der Waals surface area contributed by atoms with Crippen LogP contribution < -0.4 is 10.1 Å². The van der Waals surface area contributed by atoms with Gasteiger partial charge in [-0.05, 0) is 45.6 Å². The van der Waals surface area contributed by atoms with Crippen LogP contribution in [0.25, 0.3) is 0 Å². The van der Waals surface area contributed by atoms with Gasteiger partial charge < -0.3 is 10.1 Å². The summed E-state index contributed by atoms with van der Waals surface area (Å²) in [6, 6.07) is 6.15. The first-order valence-electron chi connectivity index (χ1n) is 6.87. The molecule has 1 N–H and O–H groups in total. The summed E-state index contributed by atoms with van der Waals surface area (Å²) in [5.74, 6) is 0.765. The lowest BCUT2D eigenvalue weighted by Gasteiger charge is -2.20. The van der Waals surface area contributed by atoms with Gasteiger partial charge in [0.2, 0.25) is 0 Å². The van der Waals surface area contributed by atoms with Crippen LogP contribution in [0.15, 0.2) is 18.2 Å². The third kappa shape index (κ3) is 5.06. The molecule has 1 atom stereocenters. The van der Waals surface area contributed by atoms with Crippen molar-refractivity contribution in [1.29, 1.82) is 0 Å². The highest BCUT2D eigenvalue weighted by Gasteiger charge is 2.13. The molecule has 1 unspecified atom stereocenters. The van der Waals surface area contributed by atoms with E-state index in [1.54, 1.807) is 11.9 Å². The van der Waals surface area contributed by atoms with Crippen molar-refractivity contribution in [3.05, 3.63) is 29.3 Å². The molecule has 0 saturated carbocycles. The summed E-state index contributed by atoms with van der Waals surface area (Å²) in [4.78, 5) is 1.61. The van der Waals surface area contributed by atoms with Gasteiger partial charge in [-0.2, -0.15) is 0 Å². The van der Waals surface area contributed by atoms with Crippen molar-refractivity contribution in [2.24, 2.45) is 0 Å². The molecule has 0 radical (unpaired) electrons. The molecule has 0 fully saturated rings. The summed E-state index contributed by atoms with van der Waals surface area (Å²) in [6.45, 7) is 4.74. The molecule has 1 aromatic carbocycles. The highest BCUT2D eigenvalue weighted by Crippen LogP contribution is 2.25. The number of benzene rings is 1. The molecule has 0 aromatic heterocycles. The highest BCUT2D eigenvalue weighted by molar-refractivity contribution is 5.38. The molecular weight excluding hydrogens is 262 g/mol. The third-order valence-electron chi connectivity index (χ3n) is 3.21. The van der Waals surface area contributed by atoms with Crippen LogP contribution in [0, 0.1) is 0 Å². The Labute approximate surface area is 119 Å². The number of nitrogens with one attached hydrogen (secondary N) is 1. The summed E-state index contributed by atoms with van der Waals surface area (Å²) >= 11 is 0. The Morgan fingerprint density at radius 3 is 2.60 bits per heavy atom. The number of halogens is 2. The first kappa shape index (κ1) is 16.9. The number of rotatable bonds is 8. The largest absolute Gasteiger partial charge is 0.494 e. The monoisotopic (exact) mass is 286 g/mol. The van der Waals surface area contributed by atoms with E-state index in [2.05, 4.69) is 12.2 Å². The van der Waals surface area contributed by atoms with E-state index in [1.165, 1.54) is 0 Å². The Morgan fingerprint density at radius 2 is 2.05 bits per heavy atom. The van der Waals surface area contributed by atoms with Crippen LogP contribution in [0.5, 0.6) is 5.75 Å². The molecule has 0 amide bonds. The zero-order chi connectivity index (χ0) is 15.1. The van der Waals surface area contributed by atoms with E-state index in [0.29, 0.717) is 13.2 Å². The topological polar surface area (TPSA) is 24.5 Å². The molecule has 0 aliphatic heterocycles. The van der Waals surface area contributed by atoms with Gasteiger partial charge in [-0.1, -0.05) is 6.07 Å². The molecule has 1 aromatic rings. The molecule has 0 saturated heterocycles. The molecule has 0 heterocycles. The van der Waals surface area contributed by atoms with Crippen LogP contribution in [0.1, 0.15) is 31.0 Å². The van der Waals surface area contributed by atoms with Crippen molar-refractivity contribution in [3.8, 4) is 5.75 Å². The summed E-state index contributed by atoms with van der Waals surface area (Å²) in [5.41, 5.74) is 2.06. The average Bonchev–Trinajstić information content (AvgIpc) is 2.39. The molecule has 1 rings (SSSR count). The molecule has 0 aliphatic carbocycles. The van der Waals surface area contributed by atoms with E-state index in [0.717, 1.165) is 16.9 Å². The number of hydrogen-bond acceptors (Lipinski definition) is 3. The quantitative estimate of drug-likeness (QED) is 0.795. The second-order valence-electron chi connectivity index (χ2n) is 4.90. The molecule has 5 heteroatoms. The van der Waals surface area contributed by atoms with Gasteiger partial charge in [-0.25, -0.2) is 8.78 Å². The van der Waals surface area contributed by atoms with E-state index >= 15 is 0 Å². The first-order valence-corrected chi connectivity index (χ1v) is 6.87. The van der Waals surface area contributed by atoms with Crippen LogP contribution in [0.2, 0.25) is 0 Å². The van der Waals surface area contributed by atoms with Crippen molar-refractivity contribution in [2.75, 3.05) is 27.2 Å². The average molecular weight is 286 g/mol. The van der Waals surface area contributed by atoms with E-state index in [9.17, 15) is 8.78 Å². The second-order valence-corrected chi connectivity index (χ2v) is 4.90. The Balaban J connectivity index is 2.93. The van der Waals surface area contributed by atoms with Crippen molar-refractivity contribution in [1.82, 2.24) is 10.2 Å². The molecule has 0 spiro atoms. The fourth-order valence-electron chi connectivity index (χ4n) is 2.05. The van der Waals surface area contributed by atoms with Gasteiger partial charge in [0.25, 0.3) is 6.43 Å². The second kappa shape index (κ2) is 8.17. The molecule has 0 bridgehead atoms. The van der Waals surface area contributed by atoms with Gasteiger partial charge in [0, 0.05) is 18.2 Å². The fourth-order valence-corrected chi connectivity index (χ4v) is 2.05. The van der Waals surface area contributed by atoms with Gasteiger partial charge in [0.15, 0.2) is 0 Å². The summed E-state index contributed by atoms with van der Waals surface area (Å²) in [5, 5.41) is 3.17. The minimum absolute atomic E-state index is 0.213. The Kier molecular flexibility index (Phi) is 6.88. The number of ether oxygens (including phenoxy) is 1. The van der Waals surface area contributed by atoms with Crippen molar-refractivity contribution in [3.63, 3.8) is 0 Å². The van der Waals surface area contributed by atoms with Gasteiger partial charge >= 0.3 is 0 Å². The maximum absolute atomic E-state index is 12.4. The van der Waals surface area contributed by atoms with Gasteiger partial charge in [-0.15, -0.1) is 0 Å². The van der Waals surface area contributed by atoms with Crippen LogP contribution >= 0.6 is 0 Å². The van der Waals surface area contributed by atoms with E-state index in [1.807, 2.05) is 32.2 Å². The minimum atomic E-state index is -2.32. The standard InChI is InChI=1S/C15H24F2N2O/c1-5-20-14-7-6-12(11(2)18-3)8-13(14)9-19(4)10-15(16)17/h6-8,11,15,18H,5,9-10H2,1-4H3. The Hall–Kier alpha value is -1.20.